The average Bonchev–Trinajstić information content (AvgIpc) is 2.25. The van der Waals surface area contributed by atoms with Crippen molar-refractivity contribution < 1.29 is 9.18 Å². The molecule has 1 atom stereocenters. The summed E-state index contributed by atoms with van der Waals surface area (Å²) in [7, 11) is 0. The van der Waals surface area contributed by atoms with Gasteiger partial charge in [-0.3, -0.25) is 4.79 Å². The number of carbonyl (C=O) groups excluding carboxylic acids is 1. The molecule has 0 spiro atoms. The molecule has 16 heavy (non-hydrogen) atoms. The minimum absolute atomic E-state index is 0.144. The molecule has 0 aliphatic carbocycles. The largest absolute Gasteiger partial charge is 0.330 e. The molecule has 1 amide bonds. The van der Waals surface area contributed by atoms with E-state index in [0.717, 1.165) is 12.8 Å². The molecule has 1 rings (SSSR count). The number of hydrogen-bond donors (Lipinski definition) is 2. The lowest BCUT2D eigenvalue weighted by atomic mass is 10.0. The first-order valence-corrected chi connectivity index (χ1v) is 5.44. The Balaban J connectivity index is 2.62. The summed E-state index contributed by atoms with van der Waals surface area (Å²) in [5.74, 6) is -0.708. The van der Waals surface area contributed by atoms with E-state index >= 15 is 0 Å². The summed E-state index contributed by atoms with van der Waals surface area (Å²) < 4.78 is 12.9. The van der Waals surface area contributed by atoms with Gasteiger partial charge in [0.15, 0.2) is 0 Å². The van der Waals surface area contributed by atoms with Crippen LogP contribution in [0.2, 0.25) is 0 Å². The van der Waals surface area contributed by atoms with Gasteiger partial charge in [0.25, 0.3) is 0 Å². The fraction of sp³-hybridized carbons (Fsp3) is 0.417. The first-order chi connectivity index (χ1) is 7.67. The molecule has 0 radical (unpaired) electrons. The van der Waals surface area contributed by atoms with Crippen molar-refractivity contribution in [2.45, 2.75) is 19.8 Å². The molecular weight excluding hydrogens is 207 g/mol. The predicted octanol–water partition coefficient (Wildman–Crippen LogP) is 2.14. The van der Waals surface area contributed by atoms with E-state index in [-0.39, 0.29) is 17.6 Å². The number of anilines is 1. The highest BCUT2D eigenvalue weighted by atomic mass is 19.1. The van der Waals surface area contributed by atoms with Crippen LogP contribution in [0, 0.1) is 11.7 Å². The molecule has 0 bridgehead atoms. The standard InChI is InChI=1S/C12H17FN2O/c1-2-4-9(8-14)12(16)15-11-6-3-5-10(13)7-11/h3,5-7,9H,2,4,8,14H2,1H3,(H,15,16). The molecule has 88 valence electrons. The molecule has 0 aliphatic rings. The van der Waals surface area contributed by atoms with Crippen LogP contribution in [0.4, 0.5) is 10.1 Å². The summed E-state index contributed by atoms with van der Waals surface area (Å²) in [5, 5.41) is 2.66. The second-order valence-electron chi connectivity index (χ2n) is 3.72. The number of rotatable bonds is 5. The lowest BCUT2D eigenvalue weighted by molar-refractivity contribution is -0.119. The van der Waals surface area contributed by atoms with Gasteiger partial charge in [-0.1, -0.05) is 19.4 Å². The number of nitrogens with two attached hydrogens (primary N) is 1. The van der Waals surface area contributed by atoms with Crippen LogP contribution in [0.1, 0.15) is 19.8 Å². The highest BCUT2D eigenvalue weighted by Gasteiger charge is 2.15. The van der Waals surface area contributed by atoms with Crippen LogP contribution in [0.3, 0.4) is 0 Å². The molecule has 0 aromatic heterocycles. The number of carbonyl (C=O) groups is 1. The summed E-state index contributed by atoms with van der Waals surface area (Å²) in [6.45, 7) is 2.31. The molecule has 3 nitrogen and oxygen atoms in total. The van der Waals surface area contributed by atoms with Crippen LogP contribution < -0.4 is 11.1 Å². The van der Waals surface area contributed by atoms with Gasteiger partial charge in [0.1, 0.15) is 5.82 Å². The number of hydrogen-bond acceptors (Lipinski definition) is 2. The third kappa shape index (κ3) is 3.62. The van der Waals surface area contributed by atoms with Gasteiger partial charge in [0, 0.05) is 12.2 Å². The number of amides is 1. The van der Waals surface area contributed by atoms with Gasteiger partial charge in [-0.05, 0) is 24.6 Å². The van der Waals surface area contributed by atoms with E-state index in [2.05, 4.69) is 5.32 Å². The van der Waals surface area contributed by atoms with E-state index in [9.17, 15) is 9.18 Å². The maximum Gasteiger partial charge on any atom is 0.228 e. The third-order valence-corrected chi connectivity index (χ3v) is 2.38. The average molecular weight is 224 g/mol. The quantitative estimate of drug-likeness (QED) is 0.805. The SMILES string of the molecule is CCCC(CN)C(=O)Nc1cccc(F)c1. The molecule has 0 fully saturated rings. The molecular formula is C12H17FN2O. The Hall–Kier alpha value is -1.42. The third-order valence-electron chi connectivity index (χ3n) is 2.38. The van der Waals surface area contributed by atoms with Crippen molar-refractivity contribution in [3.63, 3.8) is 0 Å². The molecule has 0 saturated carbocycles. The van der Waals surface area contributed by atoms with E-state index in [0.29, 0.717) is 12.2 Å². The monoisotopic (exact) mass is 224 g/mol. The summed E-state index contributed by atoms with van der Waals surface area (Å²) >= 11 is 0. The summed E-state index contributed by atoms with van der Waals surface area (Å²) in [6.07, 6.45) is 1.65. The molecule has 1 aromatic carbocycles. The summed E-state index contributed by atoms with van der Waals surface area (Å²) in [4.78, 5) is 11.7. The minimum atomic E-state index is -0.363. The van der Waals surface area contributed by atoms with Gasteiger partial charge in [-0.15, -0.1) is 0 Å². The topological polar surface area (TPSA) is 55.1 Å². The molecule has 4 heteroatoms. The lowest BCUT2D eigenvalue weighted by Crippen LogP contribution is -2.29. The Morgan fingerprint density at radius 3 is 2.88 bits per heavy atom. The molecule has 0 aliphatic heterocycles. The maximum atomic E-state index is 12.9. The van der Waals surface area contributed by atoms with Crippen LogP contribution >= 0.6 is 0 Å². The highest BCUT2D eigenvalue weighted by Crippen LogP contribution is 2.12. The van der Waals surface area contributed by atoms with Crippen molar-refractivity contribution in [3.8, 4) is 0 Å². The number of nitrogens with one attached hydrogen (secondary N) is 1. The summed E-state index contributed by atoms with van der Waals surface area (Å²) in [5.41, 5.74) is 5.98. The number of halogens is 1. The first-order valence-electron chi connectivity index (χ1n) is 5.44. The van der Waals surface area contributed by atoms with Crippen LogP contribution in [0.5, 0.6) is 0 Å². The normalized spacial score (nSPS) is 12.2. The predicted molar refractivity (Wildman–Crippen MR) is 62.5 cm³/mol. The van der Waals surface area contributed by atoms with Gasteiger partial charge >= 0.3 is 0 Å². The molecule has 1 aromatic rings. The second kappa shape index (κ2) is 6.23. The first kappa shape index (κ1) is 12.6. The van der Waals surface area contributed by atoms with Gasteiger partial charge in [0.05, 0.1) is 5.92 Å². The zero-order valence-corrected chi connectivity index (χ0v) is 9.37. The fourth-order valence-corrected chi connectivity index (χ4v) is 1.52. The van der Waals surface area contributed by atoms with Crippen molar-refractivity contribution in [2.75, 3.05) is 11.9 Å². The van der Waals surface area contributed by atoms with E-state index in [1.807, 2.05) is 6.92 Å². The zero-order chi connectivity index (χ0) is 12.0. The number of benzene rings is 1. The van der Waals surface area contributed by atoms with E-state index in [4.69, 9.17) is 5.73 Å². The highest BCUT2D eigenvalue weighted by molar-refractivity contribution is 5.92. The summed E-state index contributed by atoms with van der Waals surface area (Å²) in [6, 6.07) is 5.84. The van der Waals surface area contributed by atoms with Gasteiger partial charge in [-0.2, -0.15) is 0 Å². The minimum Gasteiger partial charge on any atom is -0.330 e. The van der Waals surface area contributed by atoms with E-state index in [1.165, 1.54) is 12.1 Å². The van der Waals surface area contributed by atoms with E-state index < -0.39 is 0 Å². The maximum absolute atomic E-state index is 12.9. The molecule has 1 unspecified atom stereocenters. The smallest absolute Gasteiger partial charge is 0.228 e. The Kier molecular flexibility index (Phi) is 4.92. The Labute approximate surface area is 94.8 Å². The Bertz CT molecular complexity index is 355. The Morgan fingerprint density at radius 1 is 1.56 bits per heavy atom. The second-order valence-corrected chi connectivity index (χ2v) is 3.72. The van der Waals surface area contributed by atoms with Gasteiger partial charge in [0.2, 0.25) is 5.91 Å². The fourth-order valence-electron chi connectivity index (χ4n) is 1.52. The van der Waals surface area contributed by atoms with Crippen LogP contribution in [0.15, 0.2) is 24.3 Å². The van der Waals surface area contributed by atoms with Gasteiger partial charge in [-0.25, -0.2) is 4.39 Å². The van der Waals surface area contributed by atoms with Crippen molar-refractivity contribution in [1.29, 1.82) is 0 Å². The Morgan fingerprint density at radius 2 is 2.31 bits per heavy atom. The van der Waals surface area contributed by atoms with Crippen LogP contribution in [-0.2, 0) is 4.79 Å². The van der Waals surface area contributed by atoms with E-state index in [1.54, 1.807) is 12.1 Å². The van der Waals surface area contributed by atoms with Crippen molar-refractivity contribution >= 4 is 11.6 Å². The van der Waals surface area contributed by atoms with Crippen LogP contribution in [0.25, 0.3) is 0 Å². The van der Waals surface area contributed by atoms with Crippen LogP contribution in [-0.4, -0.2) is 12.5 Å². The molecule has 0 heterocycles. The lowest BCUT2D eigenvalue weighted by Gasteiger charge is -2.13. The van der Waals surface area contributed by atoms with Crippen molar-refractivity contribution in [3.05, 3.63) is 30.1 Å². The molecule has 3 N–H and O–H groups in total. The molecule has 0 saturated heterocycles. The van der Waals surface area contributed by atoms with Crippen molar-refractivity contribution in [2.24, 2.45) is 11.7 Å². The van der Waals surface area contributed by atoms with Crippen molar-refractivity contribution in [1.82, 2.24) is 0 Å². The van der Waals surface area contributed by atoms with Gasteiger partial charge < -0.3 is 11.1 Å². The zero-order valence-electron chi connectivity index (χ0n) is 9.37.